The molecule has 0 fully saturated rings. The molecule has 1 aromatic heterocycles. The molecule has 0 spiro atoms. The monoisotopic (exact) mass is 450 g/mol. The van der Waals surface area contributed by atoms with Crippen LogP contribution in [0.15, 0.2) is 75.9 Å². The number of hydrogen-bond donors (Lipinski definition) is 0. The third-order valence-corrected chi connectivity index (χ3v) is 5.15. The molecule has 3 aromatic carbocycles. The number of esters is 1. The first kappa shape index (κ1) is 21.5. The van der Waals surface area contributed by atoms with E-state index >= 15 is 0 Å². The van der Waals surface area contributed by atoms with E-state index in [9.17, 15) is 9.59 Å². The van der Waals surface area contributed by atoms with E-state index in [1.807, 2.05) is 0 Å². The molecule has 0 saturated heterocycles. The molecular formula is C25H19ClO6. The molecular weight excluding hydrogens is 432 g/mol. The summed E-state index contributed by atoms with van der Waals surface area (Å²) in [5, 5.41) is 1.27. The second kappa shape index (κ2) is 9.16. The molecule has 162 valence electrons. The van der Waals surface area contributed by atoms with Gasteiger partial charge in [0.1, 0.15) is 22.8 Å². The molecule has 0 atom stereocenters. The minimum Gasteiger partial charge on any atom is -0.497 e. The van der Waals surface area contributed by atoms with E-state index in [4.69, 9.17) is 30.2 Å². The second-order valence-electron chi connectivity index (χ2n) is 6.99. The molecule has 0 bridgehead atoms. The minimum absolute atomic E-state index is 0.0926. The van der Waals surface area contributed by atoms with Crippen LogP contribution in [-0.2, 0) is 11.2 Å². The Balaban J connectivity index is 1.60. The van der Waals surface area contributed by atoms with E-state index in [1.54, 1.807) is 67.8 Å². The molecule has 1 heterocycles. The predicted octanol–water partition coefficient (Wildman–Crippen LogP) is 5.28. The second-order valence-corrected chi connectivity index (χ2v) is 7.43. The Morgan fingerprint density at radius 2 is 1.62 bits per heavy atom. The van der Waals surface area contributed by atoms with Gasteiger partial charge in [-0.15, -0.1) is 0 Å². The largest absolute Gasteiger partial charge is 0.497 e. The molecule has 6 nitrogen and oxygen atoms in total. The first-order valence-corrected chi connectivity index (χ1v) is 10.1. The molecule has 0 N–H and O–H groups in total. The number of methoxy groups -OCH3 is 2. The average Bonchev–Trinajstić information content (AvgIpc) is 2.79. The van der Waals surface area contributed by atoms with Gasteiger partial charge in [0, 0.05) is 28.1 Å². The molecule has 0 amide bonds. The van der Waals surface area contributed by atoms with Crippen molar-refractivity contribution in [1.82, 2.24) is 0 Å². The molecule has 0 radical (unpaired) electrons. The van der Waals surface area contributed by atoms with Crippen LogP contribution in [0.5, 0.6) is 17.2 Å². The van der Waals surface area contributed by atoms with Crippen LogP contribution in [0.2, 0.25) is 5.02 Å². The van der Waals surface area contributed by atoms with Crippen LogP contribution < -0.4 is 19.8 Å². The molecule has 0 aliphatic carbocycles. The van der Waals surface area contributed by atoms with Crippen LogP contribution in [0.4, 0.5) is 0 Å². The third kappa shape index (κ3) is 4.60. The van der Waals surface area contributed by atoms with Gasteiger partial charge in [0.2, 0.25) is 0 Å². The van der Waals surface area contributed by atoms with Gasteiger partial charge >= 0.3 is 11.6 Å². The average molecular weight is 451 g/mol. The van der Waals surface area contributed by atoms with Gasteiger partial charge in [-0.05, 0) is 48.0 Å². The highest BCUT2D eigenvalue weighted by Crippen LogP contribution is 2.33. The van der Waals surface area contributed by atoms with Crippen molar-refractivity contribution >= 4 is 28.5 Å². The first-order chi connectivity index (χ1) is 15.5. The summed E-state index contributed by atoms with van der Waals surface area (Å²) in [5.74, 6) is 0.951. The molecule has 0 saturated carbocycles. The summed E-state index contributed by atoms with van der Waals surface area (Å²) in [6.07, 6.45) is 0.0926. The highest BCUT2D eigenvalue weighted by Gasteiger charge is 2.15. The van der Waals surface area contributed by atoms with E-state index in [0.717, 1.165) is 5.56 Å². The van der Waals surface area contributed by atoms with E-state index in [0.29, 0.717) is 38.6 Å². The van der Waals surface area contributed by atoms with Crippen molar-refractivity contribution in [2.24, 2.45) is 0 Å². The van der Waals surface area contributed by atoms with E-state index in [-0.39, 0.29) is 12.2 Å². The summed E-state index contributed by atoms with van der Waals surface area (Å²) < 4.78 is 21.5. The number of hydrogen-bond acceptors (Lipinski definition) is 6. The van der Waals surface area contributed by atoms with Gasteiger partial charge in [-0.1, -0.05) is 23.7 Å². The first-order valence-electron chi connectivity index (χ1n) is 9.72. The number of benzene rings is 3. The lowest BCUT2D eigenvalue weighted by atomic mass is 10.0. The minimum atomic E-state index is -0.536. The Bertz CT molecular complexity index is 1340. The van der Waals surface area contributed by atoms with Gasteiger partial charge in [-0.25, -0.2) is 4.79 Å². The van der Waals surface area contributed by atoms with Gasteiger partial charge in [0.25, 0.3) is 0 Å². The maximum atomic E-state index is 12.7. The Morgan fingerprint density at radius 1 is 0.875 bits per heavy atom. The van der Waals surface area contributed by atoms with Crippen LogP contribution in [-0.4, -0.2) is 20.2 Å². The normalized spacial score (nSPS) is 10.7. The summed E-state index contributed by atoms with van der Waals surface area (Å²) in [5.41, 5.74) is 1.49. The molecule has 4 aromatic rings. The van der Waals surface area contributed by atoms with Crippen LogP contribution in [0, 0.1) is 0 Å². The summed E-state index contributed by atoms with van der Waals surface area (Å²) in [6.45, 7) is 0. The van der Waals surface area contributed by atoms with Gasteiger partial charge < -0.3 is 18.6 Å². The predicted molar refractivity (Wildman–Crippen MR) is 122 cm³/mol. The Labute approximate surface area is 188 Å². The maximum absolute atomic E-state index is 12.7. The number of carbonyl (C=O) groups excluding carboxylic acids is 1. The van der Waals surface area contributed by atoms with Crippen LogP contribution >= 0.6 is 11.6 Å². The highest BCUT2D eigenvalue weighted by molar-refractivity contribution is 6.30. The summed E-state index contributed by atoms with van der Waals surface area (Å²) in [6, 6.07) is 18.7. The van der Waals surface area contributed by atoms with Crippen LogP contribution in [0.25, 0.3) is 22.1 Å². The zero-order chi connectivity index (χ0) is 22.7. The van der Waals surface area contributed by atoms with Crippen molar-refractivity contribution in [2.75, 3.05) is 14.2 Å². The zero-order valence-electron chi connectivity index (χ0n) is 17.4. The number of ether oxygens (including phenoxy) is 3. The van der Waals surface area contributed by atoms with Crippen LogP contribution in [0.1, 0.15) is 5.56 Å². The zero-order valence-corrected chi connectivity index (χ0v) is 18.1. The molecule has 32 heavy (non-hydrogen) atoms. The summed E-state index contributed by atoms with van der Waals surface area (Å²) >= 11 is 5.86. The summed E-state index contributed by atoms with van der Waals surface area (Å²) in [7, 11) is 3.07. The van der Waals surface area contributed by atoms with Crippen molar-refractivity contribution in [3.8, 4) is 28.4 Å². The highest BCUT2D eigenvalue weighted by atomic mass is 35.5. The smallest absolute Gasteiger partial charge is 0.344 e. The number of fused-ring (bicyclic) bond motifs is 1. The van der Waals surface area contributed by atoms with Gasteiger partial charge in [0.15, 0.2) is 0 Å². The van der Waals surface area contributed by atoms with Crippen LogP contribution in [0.3, 0.4) is 0 Å². The molecule has 0 unspecified atom stereocenters. The van der Waals surface area contributed by atoms with E-state index in [1.165, 1.54) is 13.2 Å². The third-order valence-electron chi connectivity index (χ3n) is 4.90. The van der Waals surface area contributed by atoms with Crippen molar-refractivity contribution in [2.45, 2.75) is 6.42 Å². The molecule has 4 rings (SSSR count). The molecule has 7 heteroatoms. The van der Waals surface area contributed by atoms with Gasteiger partial charge in [0.05, 0.1) is 26.2 Å². The fourth-order valence-electron chi connectivity index (χ4n) is 3.30. The topological polar surface area (TPSA) is 75.0 Å². The Kier molecular flexibility index (Phi) is 6.14. The van der Waals surface area contributed by atoms with Gasteiger partial charge in [-0.2, -0.15) is 0 Å². The lowest BCUT2D eigenvalue weighted by molar-refractivity contribution is -0.133. The fraction of sp³-hybridized carbons (Fsp3) is 0.120. The van der Waals surface area contributed by atoms with Crippen molar-refractivity contribution in [3.63, 3.8) is 0 Å². The number of halogens is 1. The molecule has 0 aliphatic rings. The quantitative estimate of drug-likeness (QED) is 0.226. The number of carbonyl (C=O) groups is 1. The Morgan fingerprint density at radius 3 is 2.34 bits per heavy atom. The fourth-order valence-corrected chi connectivity index (χ4v) is 3.43. The molecule has 0 aliphatic heterocycles. The van der Waals surface area contributed by atoms with Crippen molar-refractivity contribution in [3.05, 3.63) is 87.7 Å². The Hall–Kier alpha value is -3.77. The van der Waals surface area contributed by atoms with Crippen molar-refractivity contribution < 1.29 is 23.4 Å². The van der Waals surface area contributed by atoms with Gasteiger partial charge in [-0.3, -0.25) is 4.79 Å². The standard InChI is InChI=1S/C25H19ClO6/c1-29-18-9-10-20(23(13-18)30-2)21-12-16-5-8-19(14-22(16)32-25(21)28)31-24(27)11-15-3-6-17(26)7-4-15/h3-10,12-14H,11H2,1-2H3. The number of rotatable bonds is 6. The van der Waals surface area contributed by atoms with E-state index in [2.05, 4.69) is 0 Å². The van der Waals surface area contributed by atoms with E-state index < -0.39 is 11.6 Å². The lowest BCUT2D eigenvalue weighted by Gasteiger charge is -2.10. The lowest BCUT2D eigenvalue weighted by Crippen LogP contribution is -2.11. The summed E-state index contributed by atoms with van der Waals surface area (Å²) in [4.78, 5) is 24.9. The SMILES string of the molecule is COc1ccc(-c2cc3ccc(OC(=O)Cc4ccc(Cl)cc4)cc3oc2=O)c(OC)c1. The maximum Gasteiger partial charge on any atom is 0.344 e. The van der Waals surface area contributed by atoms with Crippen molar-refractivity contribution in [1.29, 1.82) is 0 Å².